The molecule has 2 aromatic carbocycles. The summed E-state index contributed by atoms with van der Waals surface area (Å²) >= 11 is 0. The van der Waals surface area contributed by atoms with Crippen molar-refractivity contribution < 1.29 is 19.4 Å². The number of esters is 1. The van der Waals surface area contributed by atoms with Crippen LogP contribution in [0.4, 0.5) is 0 Å². The van der Waals surface area contributed by atoms with Crippen molar-refractivity contribution in [2.45, 2.75) is 26.4 Å². The lowest BCUT2D eigenvalue weighted by Gasteiger charge is -2.15. The second-order valence-corrected chi connectivity index (χ2v) is 6.51. The van der Waals surface area contributed by atoms with E-state index in [0.717, 1.165) is 18.4 Å². The first-order valence-corrected chi connectivity index (χ1v) is 9.23. The fraction of sp³-hybridized carbons (Fsp3) is 0.273. The highest BCUT2D eigenvalue weighted by Gasteiger charge is 2.22. The predicted molar refractivity (Wildman–Crippen MR) is 107 cm³/mol. The number of hydrogen-bond acceptors (Lipinski definition) is 5. The molecule has 0 unspecified atom stereocenters. The van der Waals surface area contributed by atoms with Crippen molar-refractivity contribution in [3.8, 4) is 11.5 Å². The maximum Gasteiger partial charge on any atom is 0.339 e. The van der Waals surface area contributed by atoms with Gasteiger partial charge in [-0.05, 0) is 24.1 Å². The minimum absolute atomic E-state index is 0.114. The van der Waals surface area contributed by atoms with Crippen LogP contribution in [-0.2, 0) is 18.4 Å². The molecule has 1 aromatic heterocycles. The van der Waals surface area contributed by atoms with Gasteiger partial charge in [0, 0.05) is 7.05 Å². The molecule has 6 nitrogen and oxygen atoms in total. The number of ether oxygens (including phenoxy) is 2. The Bertz CT molecular complexity index is 1040. The highest BCUT2D eigenvalue weighted by atomic mass is 16.5. The summed E-state index contributed by atoms with van der Waals surface area (Å²) in [5.41, 5.74) is 1.02. The lowest BCUT2D eigenvalue weighted by Crippen LogP contribution is -2.21. The number of aryl methyl sites for hydroxylation is 1. The number of fused-ring (bicyclic) bond motifs is 1. The number of carbonyl (C=O) groups excluding carboxylic acids is 1. The maximum atomic E-state index is 12.7. The number of benzene rings is 2. The molecule has 0 fully saturated rings. The van der Waals surface area contributed by atoms with E-state index in [-0.39, 0.29) is 29.1 Å². The SMILES string of the molecule is CCCCOc1c(O)c2c(C(=O)OCc3ccccc3)cccc2n(C)c1=O. The van der Waals surface area contributed by atoms with Gasteiger partial charge in [-0.3, -0.25) is 4.79 Å². The lowest BCUT2D eigenvalue weighted by atomic mass is 10.1. The molecule has 0 spiro atoms. The van der Waals surface area contributed by atoms with Gasteiger partial charge in [-0.25, -0.2) is 4.79 Å². The molecule has 6 heteroatoms. The minimum atomic E-state index is -0.581. The summed E-state index contributed by atoms with van der Waals surface area (Å²) in [7, 11) is 1.58. The van der Waals surface area contributed by atoms with Crippen LogP contribution in [0.25, 0.3) is 10.9 Å². The molecule has 0 aliphatic rings. The van der Waals surface area contributed by atoms with Crippen LogP contribution in [0.1, 0.15) is 35.7 Å². The Morgan fingerprint density at radius 3 is 2.57 bits per heavy atom. The number of nitrogens with zero attached hydrogens (tertiary/aromatic N) is 1. The first-order valence-electron chi connectivity index (χ1n) is 9.23. The van der Waals surface area contributed by atoms with Crippen molar-refractivity contribution in [3.63, 3.8) is 0 Å². The van der Waals surface area contributed by atoms with Gasteiger partial charge in [0.1, 0.15) is 6.61 Å². The molecular formula is C22H23NO5. The van der Waals surface area contributed by atoms with Gasteiger partial charge in [-0.15, -0.1) is 0 Å². The largest absolute Gasteiger partial charge is 0.504 e. The molecule has 146 valence electrons. The molecule has 3 rings (SSSR count). The van der Waals surface area contributed by atoms with Gasteiger partial charge in [0.2, 0.25) is 5.75 Å². The summed E-state index contributed by atoms with van der Waals surface area (Å²) < 4.78 is 12.3. The lowest BCUT2D eigenvalue weighted by molar-refractivity contribution is 0.0475. The van der Waals surface area contributed by atoms with Gasteiger partial charge in [0.25, 0.3) is 5.56 Å². The van der Waals surface area contributed by atoms with Gasteiger partial charge >= 0.3 is 5.97 Å². The molecule has 0 bridgehead atoms. The zero-order valence-corrected chi connectivity index (χ0v) is 16.0. The molecule has 0 aliphatic carbocycles. The predicted octanol–water partition coefficient (Wildman–Crippen LogP) is 3.78. The van der Waals surface area contributed by atoms with Crippen LogP contribution >= 0.6 is 0 Å². The molecule has 0 aliphatic heterocycles. The van der Waals surface area contributed by atoms with E-state index in [0.29, 0.717) is 12.1 Å². The Morgan fingerprint density at radius 2 is 1.86 bits per heavy atom. The average molecular weight is 381 g/mol. The summed E-state index contributed by atoms with van der Waals surface area (Å²) in [6, 6.07) is 14.2. The van der Waals surface area contributed by atoms with E-state index in [1.165, 1.54) is 4.57 Å². The topological polar surface area (TPSA) is 77.8 Å². The molecule has 0 atom stereocenters. The van der Waals surface area contributed by atoms with Crippen LogP contribution in [0.3, 0.4) is 0 Å². The number of aromatic nitrogens is 1. The van der Waals surface area contributed by atoms with Crippen LogP contribution in [0.15, 0.2) is 53.3 Å². The Morgan fingerprint density at radius 1 is 1.11 bits per heavy atom. The third kappa shape index (κ3) is 3.86. The number of hydrogen-bond donors (Lipinski definition) is 1. The fourth-order valence-corrected chi connectivity index (χ4v) is 2.96. The normalized spacial score (nSPS) is 10.8. The fourth-order valence-electron chi connectivity index (χ4n) is 2.96. The minimum Gasteiger partial charge on any atom is -0.504 e. The molecule has 0 saturated heterocycles. The van der Waals surface area contributed by atoms with Crippen LogP contribution in [0, 0.1) is 0 Å². The summed E-state index contributed by atoms with van der Waals surface area (Å²) in [4.78, 5) is 25.2. The quantitative estimate of drug-likeness (QED) is 0.498. The van der Waals surface area contributed by atoms with Crippen molar-refractivity contribution >= 4 is 16.9 Å². The van der Waals surface area contributed by atoms with Gasteiger partial charge in [0.05, 0.1) is 23.1 Å². The summed E-state index contributed by atoms with van der Waals surface area (Å²) in [6.07, 6.45) is 1.65. The molecule has 3 aromatic rings. The summed E-state index contributed by atoms with van der Waals surface area (Å²) in [6.45, 7) is 2.43. The first kappa shape index (κ1) is 19.5. The van der Waals surface area contributed by atoms with Crippen molar-refractivity contribution in [1.29, 1.82) is 0 Å². The molecule has 1 heterocycles. The Hall–Kier alpha value is -3.28. The third-order valence-electron chi connectivity index (χ3n) is 4.53. The Kier molecular flexibility index (Phi) is 5.99. The van der Waals surface area contributed by atoms with Crippen LogP contribution in [0.2, 0.25) is 0 Å². The van der Waals surface area contributed by atoms with Gasteiger partial charge < -0.3 is 19.1 Å². The number of rotatable bonds is 7. The highest BCUT2D eigenvalue weighted by Crippen LogP contribution is 2.34. The van der Waals surface area contributed by atoms with E-state index < -0.39 is 11.5 Å². The highest BCUT2D eigenvalue weighted by molar-refractivity contribution is 6.06. The molecule has 28 heavy (non-hydrogen) atoms. The van der Waals surface area contributed by atoms with Gasteiger partial charge in [0.15, 0.2) is 5.75 Å². The summed E-state index contributed by atoms with van der Waals surface area (Å²) in [5, 5.41) is 11.0. The molecule has 0 radical (unpaired) electrons. The van der Waals surface area contributed by atoms with E-state index in [1.807, 2.05) is 37.3 Å². The van der Waals surface area contributed by atoms with Crippen LogP contribution in [0.5, 0.6) is 11.5 Å². The number of unbranched alkanes of at least 4 members (excludes halogenated alkanes) is 1. The van der Waals surface area contributed by atoms with Crippen LogP contribution < -0.4 is 10.3 Å². The standard InChI is InChI=1S/C22H23NO5/c1-3-4-13-27-20-19(24)18-16(11-8-12-17(18)23(2)21(20)25)22(26)28-14-15-9-6-5-7-10-15/h5-12,24H,3-4,13-14H2,1-2H3. The Balaban J connectivity index is 2.00. The molecule has 1 N–H and O–H groups in total. The number of pyridine rings is 1. The van der Waals surface area contributed by atoms with Crippen molar-refractivity contribution in [1.82, 2.24) is 4.57 Å². The average Bonchev–Trinajstić information content (AvgIpc) is 2.73. The molecule has 0 saturated carbocycles. The van der Waals surface area contributed by atoms with E-state index in [9.17, 15) is 14.7 Å². The van der Waals surface area contributed by atoms with Gasteiger partial charge in [-0.1, -0.05) is 49.7 Å². The monoisotopic (exact) mass is 381 g/mol. The number of aromatic hydroxyl groups is 1. The van der Waals surface area contributed by atoms with E-state index in [2.05, 4.69) is 0 Å². The zero-order chi connectivity index (χ0) is 20.1. The second kappa shape index (κ2) is 8.61. The smallest absolute Gasteiger partial charge is 0.339 e. The second-order valence-electron chi connectivity index (χ2n) is 6.51. The maximum absolute atomic E-state index is 12.7. The van der Waals surface area contributed by atoms with Crippen molar-refractivity contribution in [2.75, 3.05) is 6.61 Å². The van der Waals surface area contributed by atoms with Gasteiger partial charge in [-0.2, -0.15) is 0 Å². The van der Waals surface area contributed by atoms with Crippen molar-refractivity contribution in [3.05, 3.63) is 70.0 Å². The first-order chi connectivity index (χ1) is 13.5. The van der Waals surface area contributed by atoms with E-state index in [1.54, 1.807) is 25.2 Å². The number of carbonyl (C=O) groups is 1. The molecule has 0 amide bonds. The molecular weight excluding hydrogens is 358 g/mol. The summed E-state index contributed by atoms with van der Waals surface area (Å²) in [5.74, 6) is -1.06. The Labute approximate surface area is 162 Å². The zero-order valence-electron chi connectivity index (χ0n) is 16.0. The third-order valence-corrected chi connectivity index (χ3v) is 4.53. The van der Waals surface area contributed by atoms with Crippen molar-refractivity contribution in [2.24, 2.45) is 7.05 Å². The van der Waals surface area contributed by atoms with E-state index >= 15 is 0 Å². The van der Waals surface area contributed by atoms with Crippen LogP contribution in [-0.4, -0.2) is 22.2 Å². The van der Waals surface area contributed by atoms with E-state index in [4.69, 9.17) is 9.47 Å².